The number of carbonyl (C=O) groups excluding carboxylic acids is 4. The van der Waals surface area contributed by atoms with Crippen molar-refractivity contribution >= 4 is 86.1 Å². The second-order valence-corrected chi connectivity index (χ2v) is 26.0. The lowest BCUT2D eigenvalue weighted by molar-refractivity contribution is -0.133. The molecule has 7 heterocycles. The molecule has 0 aliphatic carbocycles. The van der Waals surface area contributed by atoms with Gasteiger partial charge < -0.3 is 40.5 Å². The standard InChI is InChI=1S/C73H74ClN11O7S/c1-4-5-15-49-37-56-63(57-38-50-18-9-10-30-84-31-13-20-54(66(50)84)69(57)92-68(56)53-19-12-28-75-65(49)53)55-39-51(26-27-52(55)72(90)91)70(88)76-29-32-85(42-46-22-24-48(25-23-46)67(87)47-16-7-6-8-17-47)62(86)43-82-33-35-83(36-34-82)61-40-60(78-45(3)79-61)80-73-77-41-59(93-73)71(89)81-64-44(2)14-11-21-58(64)74/h6-8,11,14,16-17,21-27,37-41H,4-5,9-10,12-13,15,18-20,28-36,42-43H2,1-3H3,(H,76,88)(H,81,89)(H,90,91)(H,77,78,79,80). The van der Waals surface area contributed by atoms with Crippen molar-refractivity contribution in [3.8, 4) is 11.5 Å². The van der Waals surface area contributed by atoms with Gasteiger partial charge in [-0.1, -0.05) is 103 Å². The Kier molecular flexibility index (Phi) is 18.5. The van der Waals surface area contributed by atoms with Gasteiger partial charge in [-0.3, -0.25) is 29.1 Å². The molecule has 1 saturated heterocycles. The minimum Gasteiger partial charge on any atom is -0.478 e. The third-order valence-corrected chi connectivity index (χ3v) is 19.5. The van der Waals surface area contributed by atoms with Crippen molar-refractivity contribution in [2.45, 2.75) is 91.5 Å². The van der Waals surface area contributed by atoms with Crippen LogP contribution in [0, 0.1) is 13.8 Å². The molecule has 0 spiro atoms. The van der Waals surface area contributed by atoms with Crippen LogP contribution in [-0.4, -0.2) is 125 Å². The smallest absolute Gasteiger partial charge is 0.336 e. The third-order valence-electron chi connectivity index (χ3n) is 18.3. The van der Waals surface area contributed by atoms with Gasteiger partial charge in [-0.15, -0.1) is 0 Å². The summed E-state index contributed by atoms with van der Waals surface area (Å²) in [6.07, 6.45) is 10.8. The number of para-hydroxylation sites is 1. The van der Waals surface area contributed by atoms with Crippen molar-refractivity contribution in [3.05, 3.63) is 208 Å². The number of aromatic nitrogens is 3. The third kappa shape index (κ3) is 13.4. The maximum absolute atomic E-state index is 14.7. The molecule has 18 nitrogen and oxygen atoms in total. The molecule has 93 heavy (non-hydrogen) atoms. The van der Waals surface area contributed by atoms with Gasteiger partial charge in [-0.2, -0.15) is 0 Å². The molecule has 476 valence electrons. The molecule has 13 rings (SSSR count). The van der Waals surface area contributed by atoms with E-state index in [0.29, 0.717) is 81.0 Å². The number of nitrogens with zero attached hydrogens (tertiary/aromatic N) is 8. The Bertz CT molecular complexity index is 4360. The number of ether oxygens (including phenoxy) is 1. The van der Waals surface area contributed by atoms with Gasteiger partial charge in [0.2, 0.25) is 5.91 Å². The number of aromatic carboxylic acids is 1. The molecule has 6 aromatic carbocycles. The van der Waals surface area contributed by atoms with E-state index in [2.05, 4.69) is 59.7 Å². The van der Waals surface area contributed by atoms with Gasteiger partial charge in [0.1, 0.15) is 33.8 Å². The van der Waals surface area contributed by atoms with E-state index < -0.39 is 11.9 Å². The summed E-state index contributed by atoms with van der Waals surface area (Å²) in [6, 6.07) is 33.0. The molecule has 0 bridgehead atoms. The van der Waals surface area contributed by atoms with Gasteiger partial charge >= 0.3 is 5.97 Å². The van der Waals surface area contributed by atoms with E-state index >= 15 is 0 Å². The fourth-order valence-electron chi connectivity index (χ4n) is 13.6. The van der Waals surface area contributed by atoms with Gasteiger partial charge in [0, 0.05) is 121 Å². The van der Waals surface area contributed by atoms with E-state index in [1.54, 1.807) is 53.4 Å². The van der Waals surface area contributed by atoms with Crippen LogP contribution in [0.2, 0.25) is 5.02 Å². The lowest BCUT2D eigenvalue weighted by atomic mass is 9.82. The normalized spacial score (nSPS) is 14.9. The minimum absolute atomic E-state index is 0.0846. The summed E-state index contributed by atoms with van der Waals surface area (Å²) < 4.78 is 7.26. The first kappa shape index (κ1) is 62.5. The quantitative estimate of drug-likeness (QED) is 0.0523. The fraction of sp³-hybridized carbons (Fsp3) is 0.329. The Labute approximate surface area is 549 Å². The maximum Gasteiger partial charge on any atom is 0.336 e. The molecule has 5 aliphatic rings. The number of carboxylic acid groups (broad SMARTS) is 1. The SMILES string of the molecule is CCCCc1cc2c(c3c1=NCCC3)Oc1c(cc3c4c1CCCN4CCCC3)C=2c1cc(C(=O)NCCN(Cc2ccc(C(=O)c3ccccc3)cc2)C(=O)CN2CCN(c3cc(Nc4ncc(C(=O)Nc5c(C)cccc5Cl)s4)nc(C)n3)CC2)ccc1C(=O)O. The zero-order valence-electron chi connectivity index (χ0n) is 52.6. The van der Waals surface area contributed by atoms with Crippen LogP contribution < -0.4 is 41.1 Å². The van der Waals surface area contributed by atoms with Gasteiger partial charge in [0.05, 0.1) is 34.4 Å². The number of halogens is 1. The summed E-state index contributed by atoms with van der Waals surface area (Å²) in [6.45, 7) is 11.4. The summed E-state index contributed by atoms with van der Waals surface area (Å²) in [5.41, 5.74) is 11.6. The highest BCUT2D eigenvalue weighted by molar-refractivity contribution is 7.17. The zero-order valence-corrected chi connectivity index (χ0v) is 54.2. The Morgan fingerprint density at radius 3 is 2.33 bits per heavy atom. The number of benzene rings is 6. The second-order valence-electron chi connectivity index (χ2n) is 24.6. The number of carboxylic acids is 1. The fourth-order valence-corrected chi connectivity index (χ4v) is 14.6. The number of hydrogen-bond acceptors (Lipinski definition) is 15. The first-order chi connectivity index (χ1) is 45.2. The maximum atomic E-state index is 14.7. The molecule has 4 N–H and O–H groups in total. The summed E-state index contributed by atoms with van der Waals surface area (Å²) in [7, 11) is 0. The number of unbranched alkanes of at least 4 members (excludes halogenated alkanes) is 1. The molecule has 0 atom stereocenters. The highest BCUT2D eigenvalue weighted by Crippen LogP contribution is 2.49. The van der Waals surface area contributed by atoms with E-state index in [-0.39, 0.29) is 54.9 Å². The van der Waals surface area contributed by atoms with E-state index in [1.165, 1.54) is 34.3 Å². The minimum atomic E-state index is -1.10. The van der Waals surface area contributed by atoms with Crippen LogP contribution in [0.3, 0.4) is 0 Å². The average molecular weight is 1280 g/mol. The van der Waals surface area contributed by atoms with E-state index in [4.69, 9.17) is 26.3 Å². The van der Waals surface area contributed by atoms with Crippen LogP contribution in [0.1, 0.15) is 142 Å². The molecule has 0 radical (unpaired) electrons. The number of nitrogens with one attached hydrogen (secondary N) is 3. The number of aryl methyl sites for hydroxylation is 4. The van der Waals surface area contributed by atoms with Crippen LogP contribution in [0.15, 0.2) is 120 Å². The predicted octanol–water partition coefficient (Wildman–Crippen LogP) is 11.1. The number of piperazine rings is 1. The first-order valence-electron chi connectivity index (χ1n) is 32.3. The summed E-state index contributed by atoms with van der Waals surface area (Å²) in [4.78, 5) is 97.5. The summed E-state index contributed by atoms with van der Waals surface area (Å²) in [5, 5.41) is 23.1. The predicted molar refractivity (Wildman–Crippen MR) is 363 cm³/mol. The van der Waals surface area contributed by atoms with E-state index in [0.717, 1.165) is 139 Å². The highest BCUT2D eigenvalue weighted by Gasteiger charge is 2.35. The highest BCUT2D eigenvalue weighted by atomic mass is 35.5. The molecule has 0 saturated carbocycles. The molecule has 0 unspecified atom stereocenters. The number of thiazole rings is 1. The largest absolute Gasteiger partial charge is 0.478 e. The number of carbonyl (C=O) groups is 5. The van der Waals surface area contributed by atoms with Crippen molar-refractivity contribution < 1.29 is 33.8 Å². The van der Waals surface area contributed by atoms with Crippen molar-refractivity contribution in [1.29, 1.82) is 0 Å². The van der Waals surface area contributed by atoms with E-state index in [1.807, 2.05) is 62.4 Å². The lowest BCUT2D eigenvalue weighted by Crippen LogP contribution is -2.51. The Hall–Kier alpha value is -9.30. The number of hydrogen-bond donors (Lipinski definition) is 4. The lowest BCUT2D eigenvalue weighted by Gasteiger charge is -2.36. The van der Waals surface area contributed by atoms with Crippen LogP contribution in [-0.2, 0) is 37.0 Å². The number of amides is 3. The molecule has 8 aromatic rings. The average Bonchev–Trinajstić information content (AvgIpc) is 1.09. The molecule has 20 heteroatoms. The van der Waals surface area contributed by atoms with Crippen LogP contribution in [0.5, 0.6) is 11.5 Å². The van der Waals surface area contributed by atoms with Crippen LogP contribution in [0.4, 0.5) is 28.1 Å². The Morgan fingerprint density at radius 2 is 1.54 bits per heavy atom. The number of ketones is 1. The van der Waals surface area contributed by atoms with E-state index in [9.17, 15) is 29.1 Å². The number of fused-ring (bicyclic) bond motifs is 5. The van der Waals surface area contributed by atoms with Crippen LogP contribution >= 0.6 is 22.9 Å². The second kappa shape index (κ2) is 27.5. The van der Waals surface area contributed by atoms with Gasteiger partial charge in [0.25, 0.3) is 11.8 Å². The molecule has 5 aliphatic heterocycles. The Morgan fingerprint density at radius 1 is 0.753 bits per heavy atom. The molecule has 1 fully saturated rings. The van der Waals surface area contributed by atoms with Crippen LogP contribution in [0.25, 0.3) is 5.57 Å². The van der Waals surface area contributed by atoms with Crippen molar-refractivity contribution in [2.24, 2.45) is 4.99 Å². The zero-order chi connectivity index (χ0) is 64.3. The van der Waals surface area contributed by atoms with Gasteiger partial charge in [-0.05, 0) is 136 Å². The van der Waals surface area contributed by atoms with Crippen molar-refractivity contribution in [2.75, 3.05) is 85.9 Å². The molecule has 2 aromatic heterocycles. The summed E-state index contributed by atoms with van der Waals surface area (Å²) in [5.74, 6) is 1.20. The van der Waals surface area contributed by atoms with Crippen molar-refractivity contribution in [1.82, 2.24) is 30.1 Å². The van der Waals surface area contributed by atoms with Crippen molar-refractivity contribution in [3.63, 3.8) is 0 Å². The Balaban J connectivity index is 0.744. The van der Waals surface area contributed by atoms with Gasteiger partial charge in [-0.25, -0.2) is 19.7 Å². The number of rotatable bonds is 20. The topological polar surface area (TPSA) is 215 Å². The molecular weight excluding hydrogens is 1210 g/mol. The summed E-state index contributed by atoms with van der Waals surface area (Å²) >= 11 is 7.57. The monoisotopic (exact) mass is 1280 g/mol. The number of anilines is 5. The van der Waals surface area contributed by atoms with Gasteiger partial charge in [0.15, 0.2) is 10.9 Å². The first-order valence-corrected chi connectivity index (χ1v) is 33.5. The molecule has 3 amide bonds. The molecular formula is C73H74ClN11O7S.